The molecule has 1 saturated heterocycles. The van der Waals surface area contributed by atoms with Crippen LogP contribution in [0.3, 0.4) is 0 Å². The number of fused-ring (bicyclic) bond motifs is 1. The van der Waals surface area contributed by atoms with Crippen LogP contribution in [-0.4, -0.2) is 48.7 Å². The molecule has 0 aromatic carbocycles. The van der Waals surface area contributed by atoms with Crippen LogP contribution in [0.5, 0.6) is 0 Å². The number of halogens is 1. The van der Waals surface area contributed by atoms with E-state index in [2.05, 4.69) is 41.6 Å². The van der Waals surface area contributed by atoms with E-state index in [0.29, 0.717) is 30.9 Å². The van der Waals surface area contributed by atoms with Crippen molar-refractivity contribution in [3.05, 3.63) is 23.4 Å². The quantitative estimate of drug-likeness (QED) is 0.428. The minimum atomic E-state index is -1.12. The van der Waals surface area contributed by atoms with E-state index in [9.17, 15) is 0 Å². The first kappa shape index (κ1) is 18.4. The first-order chi connectivity index (χ1) is 11.9. The highest BCUT2D eigenvalue weighted by atomic mass is 35.5. The molecular weight excluding hydrogens is 356 g/mol. The summed E-state index contributed by atoms with van der Waals surface area (Å²) >= 11 is 6.17. The highest BCUT2D eigenvalue weighted by Crippen LogP contribution is 2.28. The van der Waals surface area contributed by atoms with Gasteiger partial charge in [0.05, 0.1) is 24.8 Å². The predicted octanol–water partition coefficient (Wildman–Crippen LogP) is 3.85. The SMILES string of the molecule is C=Cc1cc(Cl)nc2c(NC3COC3)nn(COCC[Si](C)(C)C)c12. The van der Waals surface area contributed by atoms with Gasteiger partial charge in [-0.3, -0.25) is 0 Å². The van der Waals surface area contributed by atoms with Crippen LogP contribution in [0.2, 0.25) is 30.8 Å². The monoisotopic (exact) mass is 380 g/mol. The van der Waals surface area contributed by atoms with Crippen LogP contribution in [-0.2, 0) is 16.2 Å². The number of pyridine rings is 1. The van der Waals surface area contributed by atoms with Crippen molar-refractivity contribution in [1.29, 1.82) is 0 Å². The third-order valence-corrected chi connectivity index (χ3v) is 6.00. The topological polar surface area (TPSA) is 61.2 Å². The standard InChI is InChI=1S/C17H25ClN4O2Si/c1-5-12-8-14(18)20-15-16(12)22(11-23-6-7-25(2,3)4)21-17(15)19-13-9-24-10-13/h5,8,13H,1,6-7,9-11H2,2-4H3,(H,19,21). The number of anilines is 1. The van der Waals surface area contributed by atoms with Gasteiger partial charge in [0.25, 0.3) is 0 Å². The summed E-state index contributed by atoms with van der Waals surface area (Å²) in [6.45, 7) is 13.4. The Balaban J connectivity index is 1.86. The summed E-state index contributed by atoms with van der Waals surface area (Å²) in [5.41, 5.74) is 2.52. The van der Waals surface area contributed by atoms with Crippen LogP contribution < -0.4 is 5.32 Å². The molecule has 1 aliphatic heterocycles. The molecule has 136 valence electrons. The van der Waals surface area contributed by atoms with Gasteiger partial charge in [0, 0.05) is 20.2 Å². The fraction of sp³-hybridized carbons (Fsp3) is 0.529. The fourth-order valence-electron chi connectivity index (χ4n) is 2.57. The summed E-state index contributed by atoms with van der Waals surface area (Å²) in [5.74, 6) is 0.711. The lowest BCUT2D eigenvalue weighted by atomic mass is 10.2. The number of nitrogens with zero attached hydrogens (tertiary/aromatic N) is 3. The highest BCUT2D eigenvalue weighted by Gasteiger charge is 2.23. The molecule has 0 amide bonds. The molecular formula is C17H25ClN4O2Si. The van der Waals surface area contributed by atoms with Crippen LogP contribution in [0.25, 0.3) is 17.1 Å². The van der Waals surface area contributed by atoms with Crippen LogP contribution in [0.15, 0.2) is 12.6 Å². The molecule has 3 heterocycles. The lowest BCUT2D eigenvalue weighted by Crippen LogP contribution is -2.40. The van der Waals surface area contributed by atoms with E-state index in [1.165, 1.54) is 0 Å². The number of nitrogens with one attached hydrogen (secondary N) is 1. The van der Waals surface area contributed by atoms with Crippen molar-refractivity contribution in [2.24, 2.45) is 0 Å². The van der Waals surface area contributed by atoms with E-state index >= 15 is 0 Å². The molecule has 25 heavy (non-hydrogen) atoms. The van der Waals surface area contributed by atoms with Crippen molar-refractivity contribution in [2.75, 3.05) is 25.1 Å². The Hall–Kier alpha value is -1.41. The fourth-order valence-corrected chi connectivity index (χ4v) is 3.53. The van der Waals surface area contributed by atoms with Gasteiger partial charge in [-0.05, 0) is 12.1 Å². The molecule has 0 spiro atoms. The second kappa shape index (κ2) is 7.45. The first-order valence-electron chi connectivity index (χ1n) is 8.49. The zero-order valence-corrected chi connectivity index (χ0v) is 16.8. The Bertz CT molecular complexity index is 768. The Morgan fingerprint density at radius 1 is 1.48 bits per heavy atom. The molecule has 2 aromatic rings. The van der Waals surface area contributed by atoms with E-state index in [0.717, 1.165) is 29.2 Å². The summed E-state index contributed by atoms with van der Waals surface area (Å²) < 4.78 is 12.9. The molecule has 1 fully saturated rings. The maximum Gasteiger partial charge on any atom is 0.175 e. The van der Waals surface area contributed by atoms with E-state index in [-0.39, 0.29) is 6.04 Å². The highest BCUT2D eigenvalue weighted by molar-refractivity contribution is 6.76. The van der Waals surface area contributed by atoms with E-state index in [1.54, 1.807) is 12.1 Å². The zero-order chi connectivity index (χ0) is 18.0. The van der Waals surface area contributed by atoms with Crippen molar-refractivity contribution < 1.29 is 9.47 Å². The van der Waals surface area contributed by atoms with Gasteiger partial charge in [0.2, 0.25) is 0 Å². The summed E-state index contributed by atoms with van der Waals surface area (Å²) in [6, 6.07) is 3.18. The lowest BCUT2D eigenvalue weighted by Gasteiger charge is -2.26. The molecule has 3 rings (SSSR count). The Morgan fingerprint density at radius 2 is 2.24 bits per heavy atom. The minimum absolute atomic E-state index is 0.257. The smallest absolute Gasteiger partial charge is 0.175 e. The third-order valence-electron chi connectivity index (χ3n) is 4.10. The molecule has 0 radical (unpaired) electrons. The minimum Gasteiger partial charge on any atom is -0.377 e. The summed E-state index contributed by atoms with van der Waals surface area (Å²) in [6.07, 6.45) is 1.77. The predicted molar refractivity (Wildman–Crippen MR) is 105 cm³/mol. The van der Waals surface area contributed by atoms with Crippen LogP contribution in [0, 0.1) is 0 Å². The van der Waals surface area contributed by atoms with Crippen LogP contribution in [0.1, 0.15) is 5.56 Å². The maximum absolute atomic E-state index is 6.17. The van der Waals surface area contributed by atoms with E-state index in [1.807, 2.05) is 4.68 Å². The van der Waals surface area contributed by atoms with Crippen LogP contribution >= 0.6 is 11.6 Å². The average molecular weight is 381 g/mol. The van der Waals surface area contributed by atoms with Crippen molar-refractivity contribution in [3.8, 4) is 0 Å². The number of hydrogen-bond donors (Lipinski definition) is 1. The molecule has 0 unspecified atom stereocenters. The number of rotatable bonds is 8. The van der Waals surface area contributed by atoms with Gasteiger partial charge in [-0.25, -0.2) is 9.67 Å². The largest absolute Gasteiger partial charge is 0.377 e. The van der Waals surface area contributed by atoms with Gasteiger partial charge in [-0.15, -0.1) is 0 Å². The Labute approximate surface area is 154 Å². The van der Waals surface area contributed by atoms with Crippen molar-refractivity contribution in [3.63, 3.8) is 0 Å². The molecule has 0 atom stereocenters. The number of aromatic nitrogens is 3. The van der Waals surface area contributed by atoms with Crippen molar-refractivity contribution in [2.45, 2.75) is 38.5 Å². The zero-order valence-electron chi connectivity index (χ0n) is 15.0. The van der Waals surface area contributed by atoms with Gasteiger partial charge < -0.3 is 14.8 Å². The third kappa shape index (κ3) is 4.41. The van der Waals surface area contributed by atoms with Gasteiger partial charge >= 0.3 is 0 Å². The van der Waals surface area contributed by atoms with E-state index in [4.69, 9.17) is 21.1 Å². The Morgan fingerprint density at radius 3 is 2.84 bits per heavy atom. The van der Waals surface area contributed by atoms with Gasteiger partial charge in [0.15, 0.2) is 5.82 Å². The van der Waals surface area contributed by atoms with Crippen molar-refractivity contribution >= 4 is 42.6 Å². The van der Waals surface area contributed by atoms with E-state index < -0.39 is 8.07 Å². The molecule has 0 aliphatic carbocycles. The van der Waals surface area contributed by atoms with Gasteiger partial charge in [-0.2, -0.15) is 5.10 Å². The van der Waals surface area contributed by atoms with Crippen molar-refractivity contribution in [1.82, 2.24) is 14.8 Å². The normalized spacial score (nSPS) is 15.4. The second-order valence-electron chi connectivity index (χ2n) is 7.51. The molecule has 2 aromatic heterocycles. The molecule has 0 saturated carbocycles. The summed E-state index contributed by atoms with van der Waals surface area (Å²) in [5, 5.41) is 8.46. The lowest BCUT2D eigenvalue weighted by molar-refractivity contribution is 0.0209. The maximum atomic E-state index is 6.17. The first-order valence-corrected chi connectivity index (χ1v) is 12.6. The van der Waals surface area contributed by atoms with Gasteiger partial charge in [0.1, 0.15) is 17.4 Å². The van der Waals surface area contributed by atoms with Gasteiger partial charge in [-0.1, -0.05) is 43.9 Å². The van der Waals surface area contributed by atoms with Crippen LogP contribution in [0.4, 0.5) is 5.82 Å². The molecule has 8 heteroatoms. The number of ether oxygens (including phenoxy) is 2. The second-order valence-corrected chi connectivity index (χ2v) is 13.5. The molecule has 1 N–H and O–H groups in total. The average Bonchev–Trinajstić information content (AvgIpc) is 2.83. The summed E-state index contributed by atoms with van der Waals surface area (Å²) in [7, 11) is -1.12. The molecule has 1 aliphatic rings. The molecule has 0 bridgehead atoms. The summed E-state index contributed by atoms with van der Waals surface area (Å²) in [4.78, 5) is 4.47. The number of hydrogen-bond acceptors (Lipinski definition) is 5. The molecule has 6 nitrogen and oxygen atoms in total. The Kier molecular flexibility index (Phi) is 5.48.